The molecule has 0 aliphatic carbocycles. The minimum absolute atomic E-state index is 0.0201. The molecule has 0 radical (unpaired) electrons. The Bertz CT molecular complexity index is 556. The van der Waals surface area contributed by atoms with E-state index in [1.54, 1.807) is 25.1 Å². The summed E-state index contributed by atoms with van der Waals surface area (Å²) in [6.07, 6.45) is 0.433. The Morgan fingerprint density at radius 2 is 2.19 bits per heavy atom. The van der Waals surface area contributed by atoms with E-state index in [1.165, 1.54) is 0 Å². The molecule has 0 aromatic heterocycles. The van der Waals surface area contributed by atoms with E-state index in [0.717, 1.165) is 0 Å². The average Bonchev–Trinajstić information content (AvgIpc) is 2.88. The van der Waals surface area contributed by atoms with E-state index >= 15 is 0 Å². The van der Waals surface area contributed by atoms with E-state index in [-0.39, 0.29) is 13.2 Å². The van der Waals surface area contributed by atoms with E-state index in [2.05, 4.69) is 10.6 Å². The molecule has 1 heterocycles. The number of ether oxygens (including phenoxy) is 1. The molecule has 0 spiro atoms. The summed E-state index contributed by atoms with van der Waals surface area (Å²) in [6.45, 7) is 2.32. The molecule has 1 aliphatic rings. The Labute approximate surface area is 127 Å². The first-order chi connectivity index (χ1) is 9.91. The van der Waals surface area contributed by atoms with Crippen molar-refractivity contribution in [1.82, 2.24) is 5.32 Å². The first kappa shape index (κ1) is 15.8. The van der Waals surface area contributed by atoms with Crippen molar-refractivity contribution in [2.24, 2.45) is 0 Å². The number of anilines is 1. The number of carbonyl (C=O) groups excluding carboxylic acids is 2. The zero-order chi connectivity index (χ0) is 15.5. The maximum absolute atomic E-state index is 11.8. The molecule has 0 saturated carbocycles. The van der Waals surface area contributed by atoms with Crippen molar-refractivity contribution in [3.05, 3.63) is 28.8 Å². The third-order valence-electron chi connectivity index (χ3n) is 3.38. The van der Waals surface area contributed by atoms with Crippen LogP contribution in [-0.4, -0.2) is 42.3 Å². The standard InChI is InChI=1S/C14H17ClN2O4/c1-9-10(15)3-2-4-11(9)17-13(19)12(18)16-7-14(20)5-6-21-8-14/h2-4,20H,5-8H2,1H3,(H,16,18)(H,17,19)/t14-/m0/s1. The summed E-state index contributed by atoms with van der Waals surface area (Å²) in [5.74, 6) is -1.61. The molecule has 7 heteroatoms. The molecule has 1 saturated heterocycles. The fraction of sp³-hybridized carbons (Fsp3) is 0.429. The fourth-order valence-corrected chi connectivity index (χ4v) is 2.16. The third kappa shape index (κ3) is 3.93. The summed E-state index contributed by atoms with van der Waals surface area (Å²) in [6, 6.07) is 5.04. The fourth-order valence-electron chi connectivity index (χ4n) is 1.98. The summed E-state index contributed by atoms with van der Waals surface area (Å²) in [5, 5.41) is 15.4. The van der Waals surface area contributed by atoms with Crippen LogP contribution in [0.25, 0.3) is 0 Å². The van der Waals surface area contributed by atoms with E-state index in [0.29, 0.717) is 29.3 Å². The molecule has 6 nitrogen and oxygen atoms in total. The molecule has 114 valence electrons. The lowest BCUT2D eigenvalue weighted by Crippen LogP contribution is -2.46. The van der Waals surface area contributed by atoms with Gasteiger partial charge in [-0.15, -0.1) is 0 Å². The van der Waals surface area contributed by atoms with Crippen LogP contribution in [0.1, 0.15) is 12.0 Å². The van der Waals surface area contributed by atoms with Crippen LogP contribution in [-0.2, 0) is 14.3 Å². The van der Waals surface area contributed by atoms with E-state index in [4.69, 9.17) is 16.3 Å². The van der Waals surface area contributed by atoms with Crippen molar-refractivity contribution in [2.45, 2.75) is 18.9 Å². The normalized spacial score (nSPS) is 21.1. The predicted molar refractivity (Wildman–Crippen MR) is 78.2 cm³/mol. The van der Waals surface area contributed by atoms with E-state index < -0.39 is 17.4 Å². The highest BCUT2D eigenvalue weighted by atomic mass is 35.5. The van der Waals surface area contributed by atoms with Crippen LogP contribution in [0, 0.1) is 6.92 Å². The topological polar surface area (TPSA) is 87.7 Å². The van der Waals surface area contributed by atoms with Gasteiger partial charge in [0.25, 0.3) is 0 Å². The van der Waals surface area contributed by atoms with Crippen LogP contribution >= 0.6 is 11.6 Å². The van der Waals surface area contributed by atoms with Crippen molar-refractivity contribution in [3.8, 4) is 0 Å². The van der Waals surface area contributed by atoms with Gasteiger partial charge in [0, 0.05) is 30.3 Å². The third-order valence-corrected chi connectivity index (χ3v) is 3.79. The van der Waals surface area contributed by atoms with Crippen molar-refractivity contribution < 1.29 is 19.4 Å². The quantitative estimate of drug-likeness (QED) is 0.722. The SMILES string of the molecule is Cc1c(Cl)cccc1NC(=O)C(=O)NC[C@@]1(O)CCOC1. The van der Waals surface area contributed by atoms with Gasteiger partial charge in [-0.3, -0.25) is 9.59 Å². The van der Waals surface area contributed by atoms with Crippen LogP contribution < -0.4 is 10.6 Å². The number of rotatable bonds is 3. The molecule has 2 rings (SSSR count). The number of benzene rings is 1. The largest absolute Gasteiger partial charge is 0.386 e. The average molecular weight is 313 g/mol. The molecule has 3 N–H and O–H groups in total. The number of aliphatic hydroxyl groups is 1. The maximum atomic E-state index is 11.8. The Kier molecular flexibility index (Phi) is 4.82. The van der Waals surface area contributed by atoms with Crippen LogP contribution in [0.5, 0.6) is 0 Å². The number of nitrogens with one attached hydrogen (secondary N) is 2. The minimum Gasteiger partial charge on any atom is -0.386 e. The van der Waals surface area contributed by atoms with Crippen LogP contribution in [0.15, 0.2) is 18.2 Å². The number of carbonyl (C=O) groups is 2. The summed E-state index contributed by atoms with van der Waals surface area (Å²) < 4.78 is 5.06. The lowest BCUT2D eigenvalue weighted by atomic mass is 10.0. The zero-order valence-corrected chi connectivity index (χ0v) is 12.4. The Morgan fingerprint density at radius 3 is 2.86 bits per heavy atom. The minimum atomic E-state index is -1.10. The first-order valence-electron chi connectivity index (χ1n) is 6.56. The highest BCUT2D eigenvalue weighted by molar-refractivity contribution is 6.40. The molecule has 1 aromatic carbocycles. The van der Waals surface area contributed by atoms with Gasteiger partial charge in [0.1, 0.15) is 5.60 Å². The number of amides is 2. The lowest BCUT2D eigenvalue weighted by molar-refractivity contribution is -0.136. The van der Waals surface area contributed by atoms with Gasteiger partial charge in [0.05, 0.1) is 6.61 Å². The van der Waals surface area contributed by atoms with Gasteiger partial charge in [0.2, 0.25) is 0 Å². The monoisotopic (exact) mass is 312 g/mol. The lowest BCUT2D eigenvalue weighted by Gasteiger charge is -2.20. The van der Waals surface area contributed by atoms with Crippen molar-refractivity contribution in [2.75, 3.05) is 25.1 Å². The van der Waals surface area contributed by atoms with E-state index in [9.17, 15) is 14.7 Å². The Hall–Kier alpha value is -1.63. The highest BCUT2D eigenvalue weighted by Gasteiger charge is 2.33. The second-order valence-electron chi connectivity index (χ2n) is 5.08. The Balaban J connectivity index is 1.91. The van der Waals surface area contributed by atoms with Crippen LogP contribution in [0.3, 0.4) is 0 Å². The van der Waals surface area contributed by atoms with Gasteiger partial charge in [-0.2, -0.15) is 0 Å². The molecule has 1 aliphatic heterocycles. The van der Waals surface area contributed by atoms with Crippen molar-refractivity contribution >= 4 is 29.1 Å². The summed E-state index contributed by atoms with van der Waals surface area (Å²) in [5.41, 5.74) is 0.0655. The molecular formula is C14H17ClN2O4. The van der Waals surface area contributed by atoms with E-state index in [1.807, 2.05) is 0 Å². The smallest absolute Gasteiger partial charge is 0.313 e. The zero-order valence-electron chi connectivity index (χ0n) is 11.6. The van der Waals surface area contributed by atoms with Gasteiger partial charge < -0.3 is 20.5 Å². The molecule has 0 bridgehead atoms. The molecule has 21 heavy (non-hydrogen) atoms. The second-order valence-corrected chi connectivity index (χ2v) is 5.48. The van der Waals surface area contributed by atoms with Gasteiger partial charge in [-0.05, 0) is 24.6 Å². The number of hydrogen-bond acceptors (Lipinski definition) is 4. The van der Waals surface area contributed by atoms with Gasteiger partial charge in [0.15, 0.2) is 0 Å². The molecule has 1 fully saturated rings. The summed E-state index contributed by atoms with van der Waals surface area (Å²) >= 11 is 5.94. The van der Waals surface area contributed by atoms with Gasteiger partial charge in [-0.1, -0.05) is 17.7 Å². The number of hydrogen-bond donors (Lipinski definition) is 3. The van der Waals surface area contributed by atoms with Crippen molar-refractivity contribution in [3.63, 3.8) is 0 Å². The molecule has 0 unspecified atom stereocenters. The summed E-state index contributed by atoms with van der Waals surface area (Å²) in [4.78, 5) is 23.5. The number of halogens is 1. The molecule has 2 amide bonds. The van der Waals surface area contributed by atoms with Crippen molar-refractivity contribution in [1.29, 1.82) is 0 Å². The highest BCUT2D eigenvalue weighted by Crippen LogP contribution is 2.22. The van der Waals surface area contributed by atoms with Crippen LogP contribution in [0.2, 0.25) is 5.02 Å². The Morgan fingerprint density at radius 1 is 1.43 bits per heavy atom. The molecule has 1 aromatic rings. The first-order valence-corrected chi connectivity index (χ1v) is 6.93. The molecular weight excluding hydrogens is 296 g/mol. The molecule has 1 atom stereocenters. The second kappa shape index (κ2) is 6.43. The van der Waals surface area contributed by atoms with Gasteiger partial charge in [-0.25, -0.2) is 0 Å². The summed E-state index contributed by atoms with van der Waals surface area (Å²) in [7, 11) is 0. The predicted octanol–water partition coefficient (Wildman–Crippen LogP) is 0.855. The maximum Gasteiger partial charge on any atom is 0.313 e. The van der Waals surface area contributed by atoms with Gasteiger partial charge >= 0.3 is 11.8 Å². The van der Waals surface area contributed by atoms with Crippen LogP contribution in [0.4, 0.5) is 5.69 Å².